The van der Waals surface area contributed by atoms with E-state index in [0.29, 0.717) is 16.9 Å². The number of ketones is 1. The van der Waals surface area contributed by atoms with Gasteiger partial charge in [-0.1, -0.05) is 24.3 Å². The summed E-state index contributed by atoms with van der Waals surface area (Å²) < 4.78 is 16.0. The third kappa shape index (κ3) is 3.97. The molecular weight excluding hydrogens is 365 g/mol. The quantitative estimate of drug-likeness (QED) is 0.348. The van der Waals surface area contributed by atoms with Gasteiger partial charge >= 0.3 is 0 Å². The van der Waals surface area contributed by atoms with Crippen LogP contribution in [-0.4, -0.2) is 24.4 Å². The number of Topliss-reactive ketones (excluding diaryl/α,β-unsaturated/α-hetero) is 1. The summed E-state index contributed by atoms with van der Waals surface area (Å²) in [5, 5.41) is 9.58. The van der Waals surface area contributed by atoms with Crippen molar-refractivity contribution in [1.29, 1.82) is 5.26 Å². The fourth-order valence-corrected chi connectivity index (χ4v) is 3.33. The lowest BCUT2D eigenvalue weighted by molar-refractivity contribution is 0.103. The number of benzene rings is 2. The number of anilines is 1. The van der Waals surface area contributed by atoms with Gasteiger partial charge in [0.2, 0.25) is 5.78 Å². The van der Waals surface area contributed by atoms with Crippen molar-refractivity contribution in [3.8, 4) is 11.8 Å². The molecule has 0 fully saturated rings. The third-order valence-electron chi connectivity index (χ3n) is 4.85. The predicted molar refractivity (Wildman–Crippen MR) is 114 cm³/mol. The van der Waals surface area contributed by atoms with Crippen molar-refractivity contribution >= 4 is 17.5 Å². The molecule has 5 heteroatoms. The van der Waals surface area contributed by atoms with Gasteiger partial charge in [0.15, 0.2) is 0 Å². The van der Waals surface area contributed by atoms with Gasteiger partial charge in [0.1, 0.15) is 17.5 Å². The molecule has 146 valence electrons. The Kier molecular flexibility index (Phi) is 5.65. The van der Waals surface area contributed by atoms with Crippen LogP contribution < -0.4 is 4.90 Å². The number of rotatable bonds is 5. The minimum absolute atomic E-state index is 0.0383. The van der Waals surface area contributed by atoms with Crippen molar-refractivity contribution in [2.45, 2.75) is 13.8 Å². The Hall–Kier alpha value is -3.65. The normalized spacial score (nSPS) is 11.2. The average molecular weight is 387 g/mol. The number of halogens is 1. The van der Waals surface area contributed by atoms with E-state index in [4.69, 9.17) is 0 Å². The smallest absolute Gasteiger partial charge is 0.205 e. The van der Waals surface area contributed by atoms with E-state index in [0.717, 1.165) is 16.9 Å². The molecule has 0 saturated carbocycles. The molecule has 0 atom stereocenters. The summed E-state index contributed by atoms with van der Waals surface area (Å²) in [5.74, 6) is -0.745. The fraction of sp³-hybridized carbons (Fsp3) is 0.167. The monoisotopic (exact) mass is 387 g/mol. The Balaban J connectivity index is 2.00. The zero-order valence-electron chi connectivity index (χ0n) is 16.9. The molecule has 0 aliphatic rings. The van der Waals surface area contributed by atoms with Crippen molar-refractivity contribution in [3.05, 3.63) is 88.5 Å². The number of aromatic nitrogens is 1. The van der Waals surface area contributed by atoms with Crippen LogP contribution in [0, 0.1) is 31.0 Å². The van der Waals surface area contributed by atoms with Gasteiger partial charge in [-0.25, -0.2) is 4.39 Å². The van der Waals surface area contributed by atoms with Crippen molar-refractivity contribution in [2.75, 3.05) is 19.0 Å². The summed E-state index contributed by atoms with van der Waals surface area (Å²) in [6, 6.07) is 17.7. The van der Waals surface area contributed by atoms with Crippen LogP contribution in [0.15, 0.2) is 60.2 Å². The average Bonchev–Trinajstić information content (AvgIpc) is 3.00. The van der Waals surface area contributed by atoms with Gasteiger partial charge in [0, 0.05) is 36.7 Å². The number of nitriles is 1. The summed E-state index contributed by atoms with van der Waals surface area (Å²) in [6.07, 6.45) is 1.58. The van der Waals surface area contributed by atoms with E-state index in [1.165, 1.54) is 6.07 Å². The maximum absolute atomic E-state index is 14.3. The number of allylic oxidation sites excluding steroid dienone is 1. The van der Waals surface area contributed by atoms with Crippen LogP contribution in [0.4, 0.5) is 10.1 Å². The van der Waals surface area contributed by atoms with Gasteiger partial charge < -0.3 is 9.47 Å². The second-order valence-corrected chi connectivity index (χ2v) is 7.06. The van der Waals surface area contributed by atoms with Gasteiger partial charge in [-0.2, -0.15) is 5.26 Å². The van der Waals surface area contributed by atoms with Crippen molar-refractivity contribution in [2.24, 2.45) is 0 Å². The molecule has 1 heterocycles. The lowest BCUT2D eigenvalue weighted by atomic mass is 10.0. The first-order valence-corrected chi connectivity index (χ1v) is 9.21. The fourth-order valence-electron chi connectivity index (χ4n) is 3.33. The highest BCUT2D eigenvalue weighted by atomic mass is 19.1. The SMILES string of the molecule is Cc1cc(C(=O)/C(C#N)=C/c2ccc(N(C)C)cc2)c(C)n1-c1ccccc1F. The number of aryl methyl sites for hydroxylation is 1. The first kappa shape index (κ1) is 20.1. The maximum Gasteiger partial charge on any atom is 0.205 e. The Labute approximate surface area is 170 Å². The second-order valence-electron chi connectivity index (χ2n) is 7.06. The molecule has 29 heavy (non-hydrogen) atoms. The second kappa shape index (κ2) is 8.15. The number of carbonyl (C=O) groups is 1. The summed E-state index contributed by atoms with van der Waals surface area (Å²) in [5.41, 5.74) is 3.93. The predicted octanol–water partition coefficient (Wildman–Crippen LogP) is 5.09. The topological polar surface area (TPSA) is 49.0 Å². The summed E-state index contributed by atoms with van der Waals surface area (Å²) in [4.78, 5) is 15.0. The van der Waals surface area contributed by atoms with E-state index < -0.39 is 0 Å². The molecule has 0 amide bonds. The Morgan fingerprint density at radius 3 is 2.34 bits per heavy atom. The number of para-hydroxylation sites is 1. The Bertz CT molecular complexity index is 1130. The highest BCUT2D eigenvalue weighted by molar-refractivity contribution is 6.14. The highest BCUT2D eigenvalue weighted by Gasteiger charge is 2.21. The molecule has 0 bridgehead atoms. The van der Waals surface area contributed by atoms with Crippen LogP contribution in [0.3, 0.4) is 0 Å². The molecule has 2 aromatic carbocycles. The lowest BCUT2D eigenvalue weighted by Crippen LogP contribution is -2.08. The van der Waals surface area contributed by atoms with Crippen LogP contribution in [0.1, 0.15) is 27.3 Å². The number of hydrogen-bond donors (Lipinski definition) is 0. The van der Waals surface area contributed by atoms with Crippen molar-refractivity contribution < 1.29 is 9.18 Å². The van der Waals surface area contributed by atoms with E-state index in [-0.39, 0.29) is 17.2 Å². The summed E-state index contributed by atoms with van der Waals surface area (Å²) in [7, 11) is 3.89. The van der Waals surface area contributed by atoms with Crippen molar-refractivity contribution in [3.63, 3.8) is 0 Å². The molecule has 3 aromatic rings. The molecule has 0 spiro atoms. The Morgan fingerprint density at radius 2 is 1.76 bits per heavy atom. The molecular formula is C24H22FN3O. The van der Waals surface area contributed by atoms with E-state index >= 15 is 0 Å². The number of hydrogen-bond acceptors (Lipinski definition) is 3. The molecule has 3 rings (SSSR count). The van der Waals surface area contributed by atoms with E-state index in [9.17, 15) is 14.4 Å². The molecule has 0 N–H and O–H groups in total. The zero-order chi connectivity index (χ0) is 21.1. The van der Waals surface area contributed by atoms with Gasteiger partial charge in [-0.15, -0.1) is 0 Å². The van der Waals surface area contributed by atoms with Gasteiger partial charge in [0.25, 0.3) is 0 Å². The minimum Gasteiger partial charge on any atom is -0.378 e. The zero-order valence-corrected chi connectivity index (χ0v) is 16.9. The Morgan fingerprint density at radius 1 is 1.10 bits per heavy atom. The van der Waals surface area contributed by atoms with E-state index in [1.807, 2.05) is 56.3 Å². The standard InChI is InChI=1S/C24H22FN3O/c1-16-13-21(17(2)28(16)23-8-6-5-7-22(23)25)24(29)19(15-26)14-18-9-11-20(12-10-18)27(3)4/h5-14H,1-4H3/b19-14+. The minimum atomic E-state index is -0.375. The summed E-state index contributed by atoms with van der Waals surface area (Å²) >= 11 is 0. The van der Waals surface area contributed by atoms with Gasteiger partial charge in [0.05, 0.1) is 5.69 Å². The first-order valence-electron chi connectivity index (χ1n) is 9.21. The molecule has 1 aromatic heterocycles. The van der Waals surface area contributed by atoms with Gasteiger partial charge in [-0.05, 0) is 55.8 Å². The van der Waals surface area contributed by atoms with Crippen LogP contribution in [0.25, 0.3) is 11.8 Å². The molecule has 4 nitrogen and oxygen atoms in total. The van der Waals surface area contributed by atoms with Gasteiger partial charge in [-0.3, -0.25) is 4.79 Å². The first-order chi connectivity index (χ1) is 13.8. The van der Waals surface area contributed by atoms with Crippen LogP contribution >= 0.6 is 0 Å². The van der Waals surface area contributed by atoms with Crippen LogP contribution in [0.2, 0.25) is 0 Å². The molecule has 0 aliphatic carbocycles. The number of carbonyl (C=O) groups excluding carboxylic acids is 1. The van der Waals surface area contributed by atoms with Crippen LogP contribution in [0.5, 0.6) is 0 Å². The maximum atomic E-state index is 14.3. The van der Waals surface area contributed by atoms with E-state index in [1.54, 1.807) is 41.8 Å². The summed E-state index contributed by atoms with van der Waals surface area (Å²) in [6.45, 7) is 3.57. The van der Waals surface area contributed by atoms with Crippen LogP contribution in [-0.2, 0) is 0 Å². The molecule has 0 saturated heterocycles. The molecule has 0 aliphatic heterocycles. The molecule has 0 radical (unpaired) electrons. The highest BCUT2D eigenvalue weighted by Crippen LogP contribution is 2.25. The number of nitrogens with zero attached hydrogens (tertiary/aromatic N) is 3. The largest absolute Gasteiger partial charge is 0.378 e. The van der Waals surface area contributed by atoms with Crippen molar-refractivity contribution in [1.82, 2.24) is 4.57 Å². The lowest BCUT2D eigenvalue weighted by Gasteiger charge is -2.12. The van der Waals surface area contributed by atoms with E-state index in [2.05, 4.69) is 0 Å². The third-order valence-corrected chi connectivity index (χ3v) is 4.85. The molecule has 0 unspecified atom stereocenters.